The van der Waals surface area contributed by atoms with Crippen LogP contribution in [0.25, 0.3) is 11.4 Å². The van der Waals surface area contributed by atoms with E-state index in [0.29, 0.717) is 11.7 Å². The fourth-order valence-corrected chi connectivity index (χ4v) is 3.77. The molecule has 3 rings (SSSR count). The third-order valence-electron chi connectivity index (χ3n) is 3.97. The summed E-state index contributed by atoms with van der Waals surface area (Å²) in [5.41, 5.74) is 4.36. The van der Waals surface area contributed by atoms with Gasteiger partial charge in [0.1, 0.15) is 5.75 Å². The molecule has 9 heteroatoms. The van der Waals surface area contributed by atoms with E-state index in [1.165, 1.54) is 11.8 Å². The van der Waals surface area contributed by atoms with Crippen molar-refractivity contribution in [2.24, 2.45) is 5.10 Å². The zero-order chi connectivity index (χ0) is 20.6. The van der Waals surface area contributed by atoms with Crippen molar-refractivity contribution >= 4 is 39.8 Å². The number of aromatic nitrogens is 3. The lowest BCUT2D eigenvalue weighted by atomic mass is 10.2. The van der Waals surface area contributed by atoms with E-state index in [1.807, 2.05) is 60.0 Å². The van der Waals surface area contributed by atoms with Crippen LogP contribution in [0.3, 0.4) is 0 Å². The molecule has 0 saturated heterocycles. The first-order valence-electron chi connectivity index (χ1n) is 8.88. The largest absolute Gasteiger partial charge is 0.497 e. The number of methoxy groups -OCH3 is 1. The van der Waals surface area contributed by atoms with Crippen molar-refractivity contribution in [2.45, 2.75) is 18.6 Å². The third-order valence-corrected chi connectivity index (χ3v) is 5.43. The number of halogens is 1. The second-order valence-corrected chi connectivity index (χ2v) is 7.77. The first-order chi connectivity index (χ1) is 14.1. The molecule has 0 fully saturated rings. The maximum absolute atomic E-state index is 12.1. The molecular weight excluding hydrogens is 454 g/mol. The van der Waals surface area contributed by atoms with Gasteiger partial charge in [-0.2, -0.15) is 5.10 Å². The van der Waals surface area contributed by atoms with Gasteiger partial charge < -0.3 is 9.30 Å². The predicted molar refractivity (Wildman–Crippen MR) is 118 cm³/mol. The minimum Gasteiger partial charge on any atom is -0.497 e. The molecule has 0 bridgehead atoms. The number of carbonyl (C=O) groups excluding carboxylic acids is 1. The van der Waals surface area contributed by atoms with Gasteiger partial charge in [-0.25, -0.2) is 5.43 Å². The lowest BCUT2D eigenvalue weighted by Gasteiger charge is -2.07. The molecule has 0 aliphatic carbocycles. The van der Waals surface area contributed by atoms with Gasteiger partial charge >= 0.3 is 0 Å². The summed E-state index contributed by atoms with van der Waals surface area (Å²) in [5.74, 6) is 1.52. The number of carbonyl (C=O) groups is 1. The van der Waals surface area contributed by atoms with E-state index in [2.05, 4.69) is 36.7 Å². The summed E-state index contributed by atoms with van der Waals surface area (Å²) in [7, 11) is 1.63. The molecule has 1 N–H and O–H groups in total. The number of hydrogen-bond acceptors (Lipinski definition) is 6. The van der Waals surface area contributed by atoms with Crippen molar-refractivity contribution in [3.8, 4) is 17.1 Å². The zero-order valence-electron chi connectivity index (χ0n) is 16.0. The van der Waals surface area contributed by atoms with Gasteiger partial charge in [-0.05, 0) is 48.9 Å². The van der Waals surface area contributed by atoms with E-state index >= 15 is 0 Å². The molecule has 0 radical (unpaired) electrons. The SMILES string of the molecule is CCn1c(SCC(=O)N/N=C/c2cccc(Br)c2)nnc1-c1ccc(OC)cc1. The number of hydrogen-bond donors (Lipinski definition) is 1. The number of rotatable bonds is 8. The lowest BCUT2D eigenvalue weighted by Crippen LogP contribution is -2.20. The summed E-state index contributed by atoms with van der Waals surface area (Å²) < 4.78 is 8.12. The Morgan fingerprint density at radius 3 is 2.76 bits per heavy atom. The molecule has 7 nitrogen and oxygen atoms in total. The van der Waals surface area contributed by atoms with E-state index in [4.69, 9.17) is 4.74 Å². The van der Waals surface area contributed by atoms with Gasteiger partial charge in [-0.3, -0.25) is 4.79 Å². The van der Waals surface area contributed by atoms with E-state index in [9.17, 15) is 4.79 Å². The van der Waals surface area contributed by atoms with Gasteiger partial charge in [0.25, 0.3) is 5.91 Å². The number of amides is 1. The van der Waals surface area contributed by atoms with Crippen molar-refractivity contribution in [1.82, 2.24) is 20.2 Å². The summed E-state index contributed by atoms with van der Waals surface area (Å²) in [6, 6.07) is 15.3. The fraction of sp³-hybridized carbons (Fsp3) is 0.200. The average Bonchev–Trinajstić information content (AvgIpc) is 3.15. The second-order valence-electron chi connectivity index (χ2n) is 5.92. The Labute approximate surface area is 181 Å². The Morgan fingerprint density at radius 2 is 2.07 bits per heavy atom. The van der Waals surface area contributed by atoms with Gasteiger partial charge in [-0.1, -0.05) is 39.8 Å². The van der Waals surface area contributed by atoms with Crippen LogP contribution in [-0.2, 0) is 11.3 Å². The van der Waals surface area contributed by atoms with Gasteiger partial charge in [0, 0.05) is 16.6 Å². The summed E-state index contributed by atoms with van der Waals surface area (Å²) in [4.78, 5) is 12.1. The molecule has 0 atom stereocenters. The van der Waals surface area contributed by atoms with Crippen molar-refractivity contribution in [3.63, 3.8) is 0 Å². The van der Waals surface area contributed by atoms with Crippen LogP contribution < -0.4 is 10.2 Å². The molecule has 3 aromatic rings. The number of hydrazone groups is 1. The molecule has 1 aromatic heterocycles. The number of nitrogens with one attached hydrogen (secondary N) is 1. The first-order valence-corrected chi connectivity index (χ1v) is 10.7. The van der Waals surface area contributed by atoms with Crippen LogP contribution in [0.15, 0.2) is 63.3 Å². The molecule has 1 heterocycles. The highest BCUT2D eigenvalue weighted by molar-refractivity contribution is 9.10. The van der Waals surface area contributed by atoms with Crippen molar-refractivity contribution in [1.29, 1.82) is 0 Å². The van der Waals surface area contributed by atoms with Gasteiger partial charge in [0.15, 0.2) is 11.0 Å². The van der Waals surface area contributed by atoms with Crippen molar-refractivity contribution < 1.29 is 9.53 Å². The summed E-state index contributed by atoms with van der Waals surface area (Å²) in [6.45, 7) is 2.71. The van der Waals surface area contributed by atoms with E-state index in [0.717, 1.165) is 27.2 Å². The number of ether oxygens (including phenoxy) is 1. The van der Waals surface area contributed by atoms with Crippen molar-refractivity contribution in [2.75, 3.05) is 12.9 Å². The van der Waals surface area contributed by atoms with Crippen LogP contribution in [0.2, 0.25) is 0 Å². The summed E-state index contributed by atoms with van der Waals surface area (Å²) in [5, 5.41) is 13.2. The maximum atomic E-state index is 12.1. The van der Waals surface area contributed by atoms with E-state index < -0.39 is 0 Å². The van der Waals surface area contributed by atoms with Gasteiger partial charge in [-0.15, -0.1) is 10.2 Å². The first kappa shape index (κ1) is 21.1. The fourth-order valence-electron chi connectivity index (χ4n) is 2.56. The molecule has 29 heavy (non-hydrogen) atoms. The molecule has 0 spiro atoms. The molecule has 2 aromatic carbocycles. The minimum atomic E-state index is -0.210. The van der Waals surface area contributed by atoms with Crippen LogP contribution in [0, 0.1) is 0 Å². The molecule has 0 aliphatic rings. The Morgan fingerprint density at radius 1 is 1.28 bits per heavy atom. The standard InChI is InChI=1S/C20H20BrN5O2S/c1-3-26-19(15-7-9-17(28-2)10-8-15)24-25-20(26)29-13-18(27)23-22-12-14-5-4-6-16(21)11-14/h4-12H,3,13H2,1-2H3,(H,23,27)/b22-12+. The van der Waals surface area contributed by atoms with Crippen LogP contribution in [0.4, 0.5) is 0 Å². The Bertz CT molecular complexity index is 1000. The Kier molecular flexibility index (Phi) is 7.42. The van der Waals surface area contributed by atoms with Crippen LogP contribution >= 0.6 is 27.7 Å². The highest BCUT2D eigenvalue weighted by Gasteiger charge is 2.14. The zero-order valence-corrected chi connectivity index (χ0v) is 18.4. The van der Waals surface area contributed by atoms with Gasteiger partial charge in [0.05, 0.1) is 19.1 Å². The lowest BCUT2D eigenvalue weighted by molar-refractivity contribution is -0.118. The molecule has 1 amide bonds. The highest BCUT2D eigenvalue weighted by atomic mass is 79.9. The maximum Gasteiger partial charge on any atom is 0.250 e. The average molecular weight is 474 g/mol. The Hall–Kier alpha value is -2.65. The minimum absolute atomic E-state index is 0.191. The highest BCUT2D eigenvalue weighted by Crippen LogP contribution is 2.25. The smallest absolute Gasteiger partial charge is 0.250 e. The molecule has 0 unspecified atom stereocenters. The topological polar surface area (TPSA) is 81.4 Å². The van der Waals surface area contributed by atoms with E-state index in [1.54, 1.807) is 13.3 Å². The second kappa shape index (κ2) is 10.2. The van der Waals surface area contributed by atoms with Crippen LogP contribution in [0.5, 0.6) is 5.75 Å². The number of benzene rings is 2. The number of thioether (sulfide) groups is 1. The molecular formula is C20H20BrN5O2S. The summed E-state index contributed by atoms with van der Waals surface area (Å²) >= 11 is 4.72. The normalized spacial score (nSPS) is 11.0. The van der Waals surface area contributed by atoms with Crippen LogP contribution in [0.1, 0.15) is 12.5 Å². The molecule has 0 aliphatic heterocycles. The quantitative estimate of drug-likeness (QED) is 0.304. The summed E-state index contributed by atoms with van der Waals surface area (Å²) in [6.07, 6.45) is 1.60. The van der Waals surface area contributed by atoms with Crippen LogP contribution in [-0.4, -0.2) is 39.7 Å². The molecule has 150 valence electrons. The predicted octanol–water partition coefficient (Wildman–Crippen LogP) is 3.98. The van der Waals surface area contributed by atoms with E-state index in [-0.39, 0.29) is 11.7 Å². The van der Waals surface area contributed by atoms with Gasteiger partial charge in [0.2, 0.25) is 0 Å². The third kappa shape index (κ3) is 5.68. The Balaban J connectivity index is 1.60. The molecule has 0 saturated carbocycles. The number of nitrogens with zero attached hydrogens (tertiary/aromatic N) is 4. The van der Waals surface area contributed by atoms with Crippen molar-refractivity contribution in [3.05, 3.63) is 58.6 Å². The monoisotopic (exact) mass is 473 g/mol.